The van der Waals surface area contributed by atoms with Gasteiger partial charge in [-0.1, -0.05) is 0 Å². The standard InChI is InChI=1S/C17H22N2O4S/c1-10-7-12(11(2)18(10)4)14(20)8-23-16(22)13-9-24-17(3)6-5-15(21)19(13)17/h7,13H,5-6,8-9H2,1-4H3/t13-,17+/m1/s1. The van der Waals surface area contributed by atoms with Crippen LogP contribution >= 0.6 is 11.8 Å². The number of fused-ring (bicyclic) bond motifs is 1. The smallest absolute Gasteiger partial charge is 0.330 e. The molecule has 2 saturated heterocycles. The molecule has 2 atom stereocenters. The number of Topliss-reactive ketones (excluding diaryl/α,β-unsaturated/α-hetero) is 1. The fraction of sp³-hybridized carbons (Fsp3) is 0.588. The fourth-order valence-electron chi connectivity index (χ4n) is 3.44. The molecule has 7 heteroatoms. The van der Waals surface area contributed by atoms with Crippen LogP contribution in [-0.4, -0.2) is 50.4 Å². The van der Waals surface area contributed by atoms with E-state index in [0.717, 1.165) is 17.8 Å². The van der Waals surface area contributed by atoms with Gasteiger partial charge in [-0.05, 0) is 33.3 Å². The van der Waals surface area contributed by atoms with Crippen LogP contribution in [0.2, 0.25) is 0 Å². The van der Waals surface area contributed by atoms with E-state index in [-0.39, 0.29) is 23.2 Å². The number of nitrogens with zero attached hydrogens (tertiary/aromatic N) is 2. The third-order valence-electron chi connectivity index (χ3n) is 5.14. The monoisotopic (exact) mass is 350 g/mol. The number of ether oxygens (including phenoxy) is 1. The molecular weight excluding hydrogens is 328 g/mol. The van der Waals surface area contributed by atoms with Crippen molar-refractivity contribution in [2.45, 2.75) is 44.5 Å². The first-order valence-corrected chi connectivity index (χ1v) is 9.02. The van der Waals surface area contributed by atoms with Crippen molar-refractivity contribution < 1.29 is 19.1 Å². The zero-order chi connectivity index (χ0) is 17.6. The number of aromatic nitrogens is 1. The van der Waals surface area contributed by atoms with E-state index in [2.05, 4.69) is 0 Å². The second-order valence-corrected chi connectivity index (χ2v) is 8.14. The predicted octanol–water partition coefficient (Wildman–Crippen LogP) is 1.82. The Kier molecular flexibility index (Phi) is 4.23. The summed E-state index contributed by atoms with van der Waals surface area (Å²) in [5, 5.41) is 0. The topological polar surface area (TPSA) is 68.6 Å². The van der Waals surface area contributed by atoms with Crippen molar-refractivity contribution in [3.8, 4) is 0 Å². The molecule has 0 saturated carbocycles. The third-order valence-corrected chi connectivity index (χ3v) is 6.64. The highest BCUT2D eigenvalue weighted by molar-refractivity contribution is 8.01. The molecule has 0 radical (unpaired) electrons. The lowest BCUT2D eigenvalue weighted by Gasteiger charge is -2.29. The summed E-state index contributed by atoms with van der Waals surface area (Å²) in [5.74, 6) is -0.185. The van der Waals surface area contributed by atoms with Crippen LogP contribution in [-0.2, 0) is 21.4 Å². The Labute approximate surface area is 145 Å². The molecule has 3 heterocycles. The van der Waals surface area contributed by atoms with Gasteiger partial charge in [-0.2, -0.15) is 0 Å². The largest absolute Gasteiger partial charge is 0.456 e. The summed E-state index contributed by atoms with van der Waals surface area (Å²) in [5.41, 5.74) is 2.41. The van der Waals surface area contributed by atoms with Crippen LogP contribution in [0, 0.1) is 13.8 Å². The number of rotatable bonds is 4. The quantitative estimate of drug-likeness (QED) is 0.612. The minimum absolute atomic E-state index is 0.00898. The van der Waals surface area contributed by atoms with E-state index in [1.54, 1.807) is 22.7 Å². The van der Waals surface area contributed by atoms with Crippen LogP contribution in [0.4, 0.5) is 0 Å². The first-order chi connectivity index (χ1) is 11.2. The van der Waals surface area contributed by atoms with E-state index >= 15 is 0 Å². The van der Waals surface area contributed by atoms with Crippen LogP contribution in [0.1, 0.15) is 41.5 Å². The van der Waals surface area contributed by atoms with E-state index in [4.69, 9.17) is 4.74 Å². The van der Waals surface area contributed by atoms with Gasteiger partial charge < -0.3 is 14.2 Å². The van der Waals surface area contributed by atoms with Gasteiger partial charge in [-0.25, -0.2) is 4.79 Å². The van der Waals surface area contributed by atoms with Gasteiger partial charge >= 0.3 is 5.97 Å². The van der Waals surface area contributed by atoms with Gasteiger partial charge in [0.15, 0.2) is 6.61 Å². The molecule has 2 aliphatic rings. The number of amides is 1. The van der Waals surface area contributed by atoms with E-state index < -0.39 is 12.0 Å². The van der Waals surface area contributed by atoms with Crippen LogP contribution in [0.5, 0.6) is 0 Å². The molecule has 1 aromatic heterocycles. The van der Waals surface area contributed by atoms with Crippen molar-refractivity contribution in [3.63, 3.8) is 0 Å². The number of thioether (sulfide) groups is 1. The maximum atomic E-state index is 12.4. The Balaban J connectivity index is 1.65. The highest BCUT2D eigenvalue weighted by Gasteiger charge is 2.53. The minimum Gasteiger partial charge on any atom is -0.456 e. The van der Waals surface area contributed by atoms with Crippen molar-refractivity contribution in [3.05, 3.63) is 23.0 Å². The van der Waals surface area contributed by atoms with Crippen molar-refractivity contribution >= 4 is 29.4 Å². The molecule has 2 fully saturated rings. The lowest BCUT2D eigenvalue weighted by molar-refractivity contribution is -0.152. The normalized spacial score (nSPS) is 25.9. The second-order valence-electron chi connectivity index (χ2n) is 6.64. The highest BCUT2D eigenvalue weighted by atomic mass is 32.2. The van der Waals surface area contributed by atoms with Crippen LogP contribution in [0.15, 0.2) is 6.07 Å². The van der Waals surface area contributed by atoms with Gasteiger partial charge in [0.25, 0.3) is 0 Å². The summed E-state index contributed by atoms with van der Waals surface area (Å²) in [4.78, 5) is 38.1. The van der Waals surface area contributed by atoms with E-state index in [0.29, 0.717) is 17.7 Å². The molecule has 0 spiro atoms. The molecule has 130 valence electrons. The number of ketones is 1. The Morgan fingerprint density at radius 1 is 1.42 bits per heavy atom. The highest BCUT2D eigenvalue weighted by Crippen LogP contribution is 2.47. The molecule has 2 aliphatic heterocycles. The molecule has 0 bridgehead atoms. The molecule has 0 unspecified atom stereocenters. The number of aryl methyl sites for hydroxylation is 1. The maximum Gasteiger partial charge on any atom is 0.330 e. The van der Waals surface area contributed by atoms with E-state index in [1.807, 2.05) is 32.4 Å². The zero-order valence-corrected chi connectivity index (χ0v) is 15.2. The summed E-state index contributed by atoms with van der Waals surface area (Å²) in [7, 11) is 1.89. The Hall–Kier alpha value is -1.76. The lowest BCUT2D eigenvalue weighted by atomic mass is 10.1. The summed E-state index contributed by atoms with van der Waals surface area (Å²) < 4.78 is 7.17. The molecular formula is C17H22N2O4S. The van der Waals surface area contributed by atoms with Crippen molar-refractivity contribution in [1.82, 2.24) is 9.47 Å². The number of carbonyl (C=O) groups excluding carboxylic acids is 3. The molecule has 0 aromatic carbocycles. The number of hydrogen-bond donors (Lipinski definition) is 0. The van der Waals surface area contributed by atoms with Gasteiger partial charge in [0.1, 0.15) is 6.04 Å². The minimum atomic E-state index is -0.582. The Morgan fingerprint density at radius 3 is 2.75 bits per heavy atom. The second kappa shape index (κ2) is 5.95. The first kappa shape index (κ1) is 17.1. The van der Waals surface area contributed by atoms with Crippen molar-refractivity contribution in [1.29, 1.82) is 0 Å². The molecule has 1 aromatic rings. The summed E-state index contributed by atoms with van der Waals surface area (Å²) in [6.07, 6.45) is 1.22. The van der Waals surface area contributed by atoms with Crippen LogP contribution in [0.25, 0.3) is 0 Å². The van der Waals surface area contributed by atoms with Gasteiger partial charge in [0.2, 0.25) is 11.7 Å². The zero-order valence-electron chi connectivity index (χ0n) is 14.4. The van der Waals surface area contributed by atoms with E-state index in [9.17, 15) is 14.4 Å². The van der Waals surface area contributed by atoms with E-state index in [1.165, 1.54) is 0 Å². The van der Waals surface area contributed by atoms with Crippen molar-refractivity contribution in [2.75, 3.05) is 12.4 Å². The van der Waals surface area contributed by atoms with Crippen molar-refractivity contribution in [2.24, 2.45) is 7.05 Å². The molecule has 1 amide bonds. The summed E-state index contributed by atoms with van der Waals surface area (Å²) in [6.45, 7) is 5.48. The van der Waals surface area contributed by atoms with Gasteiger partial charge in [-0.15, -0.1) is 11.8 Å². The fourth-order valence-corrected chi connectivity index (χ4v) is 4.86. The maximum absolute atomic E-state index is 12.4. The van der Waals surface area contributed by atoms with Gasteiger partial charge in [0, 0.05) is 36.2 Å². The van der Waals surface area contributed by atoms with Crippen LogP contribution in [0.3, 0.4) is 0 Å². The Bertz CT molecular complexity index is 726. The first-order valence-electron chi connectivity index (χ1n) is 8.03. The molecule has 3 rings (SSSR count). The molecule has 0 N–H and O–H groups in total. The molecule has 6 nitrogen and oxygen atoms in total. The SMILES string of the molecule is Cc1cc(C(=O)COC(=O)[C@H]2CS[C@@]3(C)CCC(=O)N23)c(C)n1C. The van der Waals surface area contributed by atoms with Gasteiger partial charge in [0.05, 0.1) is 4.87 Å². The third kappa shape index (κ3) is 2.64. The summed E-state index contributed by atoms with van der Waals surface area (Å²) >= 11 is 1.61. The predicted molar refractivity (Wildman–Crippen MR) is 90.9 cm³/mol. The lowest BCUT2D eigenvalue weighted by Crippen LogP contribution is -2.46. The average molecular weight is 350 g/mol. The Morgan fingerprint density at radius 2 is 2.12 bits per heavy atom. The number of hydrogen-bond acceptors (Lipinski definition) is 5. The molecule has 0 aliphatic carbocycles. The van der Waals surface area contributed by atoms with Crippen LogP contribution < -0.4 is 0 Å². The number of esters is 1. The van der Waals surface area contributed by atoms with Gasteiger partial charge in [-0.3, -0.25) is 9.59 Å². The number of carbonyl (C=O) groups is 3. The molecule has 24 heavy (non-hydrogen) atoms. The summed E-state index contributed by atoms with van der Waals surface area (Å²) in [6, 6.07) is 1.22. The average Bonchev–Trinajstić information content (AvgIpc) is 3.12.